The van der Waals surface area contributed by atoms with Gasteiger partial charge in [0.1, 0.15) is 5.69 Å². The van der Waals surface area contributed by atoms with E-state index in [2.05, 4.69) is 4.98 Å². The van der Waals surface area contributed by atoms with Crippen molar-refractivity contribution >= 4 is 34.6 Å². The Hall–Kier alpha value is -2.84. The molecule has 0 radical (unpaired) electrons. The van der Waals surface area contributed by atoms with Crippen LogP contribution in [0.25, 0.3) is 10.9 Å². The quantitative estimate of drug-likeness (QED) is 0.464. The van der Waals surface area contributed by atoms with Gasteiger partial charge in [0.05, 0.1) is 23.8 Å². The predicted molar refractivity (Wildman–Crippen MR) is 106 cm³/mol. The molecule has 0 saturated heterocycles. The second-order valence-electron chi connectivity index (χ2n) is 6.07. The number of aryl methyl sites for hydroxylation is 1. The number of aliphatic hydroxyl groups is 1. The zero-order valence-electron chi connectivity index (χ0n) is 15.5. The number of fused-ring (bicyclic) bond motifs is 1. The molecule has 2 heterocycles. The van der Waals surface area contributed by atoms with Gasteiger partial charge in [-0.15, -0.1) is 11.8 Å². The summed E-state index contributed by atoms with van der Waals surface area (Å²) in [4.78, 5) is 27.9. The minimum atomic E-state index is -1.09. The Morgan fingerprint density at radius 2 is 2.04 bits per heavy atom. The summed E-state index contributed by atoms with van der Waals surface area (Å²) in [6.07, 6.45) is 0. The van der Waals surface area contributed by atoms with Crippen LogP contribution in [0.1, 0.15) is 39.0 Å². The van der Waals surface area contributed by atoms with E-state index in [-0.39, 0.29) is 18.9 Å². The third-order valence-electron chi connectivity index (χ3n) is 4.35. The zero-order chi connectivity index (χ0) is 20.3. The SMILES string of the molecule is CCOC(=O)c1c(CSc2cccc(C(=O)O)n2)n(C)c2ccc(CO)cc12. The van der Waals surface area contributed by atoms with Gasteiger partial charge in [0, 0.05) is 29.4 Å². The summed E-state index contributed by atoms with van der Waals surface area (Å²) in [5.41, 5.74) is 2.73. The Bertz CT molecular complexity index is 1040. The molecule has 0 fully saturated rings. The van der Waals surface area contributed by atoms with Crippen LogP contribution in [0.2, 0.25) is 0 Å². The van der Waals surface area contributed by atoms with E-state index in [0.717, 1.165) is 16.6 Å². The van der Waals surface area contributed by atoms with Gasteiger partial charge in [-0.25, -0.2) is 14.6 Å². The van der Waals surface area contributed by atoms with Crippen LogP contribution in [0, 0.1) is 0 Å². The number of rotatable bonds is 7. The van der Waals surface area contributed by atoms with Crippen molar-refractivity contribution in [3.8, 4) is 0 Å². The standard InChI is InChI=1S/C20H20N2O5S/c1-3-27-20(26)18-13-9-12(10-23)7-8-15(13)22(2)16(18)11-28-17-6-4-5-14(21-17)19(24)25/h4-9,23H,3,10-11H2,1-2H3,(H,24,25). The molecule has 0 bridgehead atoms. The number of hydrogen-bond donors (Lipinski definition) is 2. The summed E-state index contributed by atoms with van der Waals surface area (Å²) in [5, 5.41) is 19.8. The Balaban J connectivity index is 2.02. The topological polar surface area (TPSA) is 102 Å². The van der Waals surface area contributed by atoms with Crippen LogP contribution >= 0.6 is 11.8 Å². The normalized spacial score (nSPS) is 11.0. The Morgan fingerprint density at radius 1 is 1.25 bits per heavy atom. The van der Waals surface area contributed by atoms with Crippen molar-refractivity contribution in [1.29, 1.82) is 0 Å². The molecule has 8 heteroatoms. The second kappa shape index (κ2) is 8.45. The lowest BCUT2D eigenvalue weighted by Crippen LogP contribution is -2.08. The van der Waals surface area contributed by atoms with Gasteiger partial charge >= 0.3 is 11.9 Å². The number of aliphatic hydroxyl groups excluding tert-OH is 1. The monoisotopic (exact) mass is 400 g/mol. The lowest BCUT2D eigenvalue weighted by molar-refractivity contribution is 0.0527. The van der Waals surface area contributed by atoms with E-state index in [1.54, 1.807) is 25.1 Å². The number of aromatic nitrogens is 2. The number of pyridine rings is 1. The highest BCUT2D eigenvalue weighted by Crippen LogP contribution is 2.31. The predicted octanol–water partition coefficient (Wildman–Crippen LogP) is 3.23. The van der Waals surface area contributed by atoms with Crippen LogP contribution in [0.15, 0.2) is 41.4 Å². The Labute approximate surface area is 166 Å². The third kappa shape index (κ3) is 3.88. The zero-order valence-corrected chi connectivity index (χ0v) is 16.3. The molecule has 1 aromatic carbocycles. The van der Waals surface area contributed by atoms with Crippen molar-refractivity contribution in [2.75, 3.05) is 6.61 Å². The van der Waals surface area contributed by atoms with Crippen molar-refractivity contribution < 1.29 is 24.5 Å². The Morgan fingerprint density at radius 3 is 2.71 bits per heavy atom. The molecule has 0 saturated carbocycles. The number of carboxylic acids is 1. The fourth-order valence-corrected chi connectivity index (χ4v) is 3.96. The number of benzene rings is 1. The van der Waals surface area contributed by atoms with Gasteiger partial charge in [-0.05, 0) is 36.8 Å². The van der Waals surface area contributed by atoms with E-state index in [0.29, 0.717) is 21.9 Å². The summed E-state index contributed by atoms with van der Waals surface area (Å²) in [7, 11) is 1.86. The minimum absolute atomic E-state index is 0.0275. The largest absolute Gasteiger partial charge is 0.477 e. The molecule has 3 aromatic rings. The van der Waals surface area contributed by atoms with Crippen molar-refractivity contribution in [2.24, 2.45) is 7.05 Å². The highest BCUT2D eigenvalue weighted by atomic mass is 32.2. The number of carboxylic acid groups (broad SMARTS) is 1. The summed E-state index contributed by atoms with van der Waals surface area (Å²) in [5.74, 6) is -1.11. The van der Waals surface area contributed by atoms with E-state index in [4.69, 9.17) is 9.84 Å². The smallest absolute Gasteiger partial charge is 0.354 e. The maximum absolute atomic E-state index is 12.6. The highest BCUT2D eigenvalue weighted by molar-refractivity contribution is 7.98. The van der Waals surface area contributed by atoms with E-state index in [9.17, 15) is 14.7 Å². The number of carbonyl (C=O) groups is 2. The van der Waals surface area contributed by atoms with Gasteiger partial charge in [-0.2, -0.15) is 0 Å². The van der Waals surface area contributed by atoms with E-state index in [1.165, 1.54) is 17.8 Å². The maximum atomic E-state index is 12.6. The summed E-state index contributed by atoms with van der Waals surface area (Å²) in [6, 6.07) is 10.3. The van der Waals surface area contributed by atoms with Gasteiger partial charge in [-0.1, -0.05) is 12.1 Å². The molecule has 146 valence electrons. The average molecular weight is 400 g/mol. The van der Waals surface area contributed by atoms with Crippen LogP contribution < -0.4 is 0 Å². The molecule has 0 aliphatic heterocycles. The summed E-state index contributed by atoms with van der Waals surface area (Å²) in [6.45, 7) is 1.88. The molecule has 3 rings (SSSR count). The Kier molecular flexibility index (Phi) is 6.01. The molecular weight excluding hydrogens is 380 g/mol. The van der Waals surface area contributed by atoms with E-state index in [1.807, 2.05) is 23.7 Å². The maximum Gasteiger partial charge on any atom is 0.354 e. The fourth-order valence-electron chi connectivity index (χ4n) is 3.00. The fraction of sp³-hybridized carbons (Fsp3) is 0.250. The molecule has 2 N–H and O–H groups in total. The van der Waals surface area contributed by atoms with Crippen molar-refractivity contribution in [3.63, 3.8) is 0 Å². The van der Waals surface area contributed by atoms with Crippen LogP contribution in [0.4, 0.5) is 0 Å². The summed E-state index contributed by atoms with van der Waals surface area (Å²) < 4.78 is 7.16. The van der Waals surface area contributed by atoms with Gasteiger partial charge in [-0.3, -0.25) is 0 Å². The van der Waals surface area contributed by atoms with Crippen molar-refractivity contribution in [3.05, 3.63) is 58.9 Å². The number of nitrogens with zero attached hydrogens (tertiary/aromatic N) is 2. The first-order valence-electron chi connectivity index (χ1n) is 8.67. The number of carbonyl (C=O) groups excluding carboxylic acids is 1. The molecule has 0 spiro atoms. The first-order chi connectivity index (χ1) is 13.5. The molecule has 7 nitrogen and oxygen atoms in total. The van der Waals surface area contributed by atoms with E-state index < -0.39 is 11.9 Å². The summed E-state index contributed by atoms with van der Waals surface area (Å²) >= 11 is 1.34. The van der Waals surface area contributed by atoms with Gasteiger partial charge in [0.15, 0.2) is 0 Å². The number of esters is 1. The molecule has 2 aromatic heterocycles. The highest BCUT2D eigenvalue weighted by Gasteiger charge is 2.23. The third-order valence-corrected chi connectivity index (χ3v) is 5.29. The first-order valence-corrected chi connectivity index (χ1v) is 9.66. The van der Waals surface area contributed by atoms with Gasteiger partial charge in [0.25, 0.3) is 0 Å². The molecule has 0 amide bonds. The van der Waals surface area contributed by atoms with Crippen molar-refractivity contribution in [1.82, 2.24) is 9.55 Å². The van der Waals surface area contributed by atoms with Crippen LogP contribution in [0.3, 0.4) is 0 Å². The van der Waals surface area contributed by atoms with Crippen molar-refractivity contribution in [2.45, 2.75) is 24.3 Å². The molecular formula is C20H20N2O5S. The molecule has 0 atom stereocenters. The molecule has 0 aliphatic rings. The number of hydrogen-bond acceptors (Lipinski definition) is 6. The molecule has 0 unspecified atom stereocenters. The second-order valence-corrected chi connectivity index (χ2v) is 7.06. The number of ether oxygens (including phenoxy) is 1. The van der Waals surface area contributed by atoms with Crippen LogP contribution in [0.5, 0.6) is 0 Å². The lowest BCUT2D eigenvalue weighted by atomic mass is 10.1. The lowest BCUT2D eigenvalue weighted by Gasteiger charge is -2.08. The van der Waals surface area contributed by atoms with Gasteiger partial charge < -0.3 is 19.5 Å². The number of thioether (sulfide) groups is 1. The van der Waals surface area contributed by atoms with Gasteiger partial charge in [0.2, 0.25) is 0 Å². The first kappa shape index (κ1) is 19.9. The minimum Gasteiger partial charge on any atom is -0.477 e. The van der Waals surface area contributed by atoms with Crippen LogP contribution in [-0.4, -0.2) is 38.3 Å². The molecule has 28 heavy (non-hydrogen) atoms. The van der Waals surface area contributed by atoms with E-state index >= 15 is 0 Å². The number of aromatic carboxylic acids is 1. The van der Waals surface area contributed by atoms with Crippen LogP contribution in [-0.2, 0) is 24.1 Å². The average Bonchev–Trinajstić information content (AvgIpc) is 2.98. The molecule has 0 aliphatic carbocycles.